The maximum atomic E-state index is 4.72. The summed E-state index contributed by atoms with van der Waals surface area (Å²) in [6.45, 7) is 0. The van der Waals surface area contributed by atoms with Crippen molar-refractivity contribution >= 4 is 67.6 Å². The molecular weight excluding hydrogens is 396 g/mol. The maximum Gasteiger partial charge on any atom is 0.229 e. The molecule has 0 unspecified atom stereocenters. The van der Waals surface area contributed by atoms with Crippen molar-refractivity contribution in [2.45, 2.75) is 0 Å². The molecule has 0 amide bonds. The van der Waals surface area contributed by atoms with Crippen molar-refractivity contribution in [1.29, 1.82) is 0 Å². The van der Waals surface area contributed by atoms with Gasteiger partial charge in [-0.1, -0.05) is 0 Å². The Balaban J connectivity index is 1.43. The van der Waals surface area contributed by atoms with Gasteiger partial charge in [-0.3, -0.25) is 10.1 Å². The minimum absolute atomic E-state index is 0.531. The van der Waals surface area contributed by atoms with Gasteiger partial charge in [0.2, 0.25) is 5.95 Å². The maximum absolute atomic E-state index is 4.72. The van der Waals surface area contributed by atoms with Gasteiger partial charge >= 0.3 is 0 Å². The molecule has 0 atom stereocenters. The van der Waals surface area contributed by atoms with Crippen LogP contribution in [0.15, 0.2) is 65.1 Å². The molecule has 5 aromatic rings. The minimum Gasteiger partial charge on any atom is -0.347 e. The number of thiophene rings is 1. The van der Waals surface area contributed by atoms with Gasteiger partial charge in [-0.25, -0.2) is 4.98 Å². The molecule has 0 saturated heterocycles. The average Bonchev–Trinajstić information content (AvgIpc) is 3.42. The first-order chi connectivity index (χ1) is 14.8. The molecular formula is C21H18N8S. The second-order valence-electron chi connectivity index (χ2n) is 6.56. The molecule has 0 aliphatic carbocycles. The molecule has 3 heterocycles. The summed E-state index contributed by atoms with van der Waals surface area (Å²) in [5, 5.41) is 19.9. The lowest BCUT2D eigenvalue weighted by Crippen LogP contribution is -2.01. The Morgan fingerprint density at radius 3 is 2.67 bits per heavy atom. The summed E-state index contributed by atoms with van der Waals surface area (Å²) in [5.74, 6) is 1.29. The Hall–Kier alpha value is -3.98. The SMILES string of the molecule is CN=CNc1ccc(Nc2nc(Nc3ccc4[nH]ncc4c3)c3sccc3n2)cc1. The van der Waals surface area contributed by atoms with Gasteiger partial charge in [-0.2, -0.15) is 10.1 Å². The standard InChI is InChI=1S/C21H18N8S/c1-22-12-23-14-2-4-15(5-3-14)26-21-27-18-8-9-30-19(18)20(28-21)25-16-6-7-17-13(10-16)11-24-29-17/h2-12H,1H3,(H,22,23)(H,24,29)(H2,25,26,27,28). The zero-order valence-corrected chi connectivity index (χ0v) is 16.9. The molecule has 0 aliphatic rings. The largest absolute Gasteiger partial charge is 0.347 e. The van der Waals surface area contributed by atoms with E-state index in [0.717, 1.165) is 44.0 Å². The van der Waals surface area contributed by atoms with E-state index < -0.39 is 0 Å². The van der Waals surface area contributed by atoms with Gasteiger partial charge in [0, 0.05) is 29.5 Å². The third-order valence-corrected chi connectivity index (χ3v) is 5.42. The minimum atomic E-state index is 0.531. The number of hydrogen-bond acceptors (Lipinski definition) is 7. The first-order valence-electron chi connectivity index (χ1n) is 9.28. The third-order valence-electron chi connectivity index (χ3n) is 4.51. The number of H-pyrrole nitrogens is 1. The van der Waals surface area contributed by atoms with Gasteiger partial charge in [0.25, 0.3) is 0 Å². The predicted molar refractivity (Wildman–Crippen MR) is 125 cm³/mol. The Bertz CT molecular complexity index is 1340. The van der Waals surface area contributed by atoms with Gasteiger partial charge in [-0.15, -0.1) is 11.3 Å². The predicted octanol–water partition coefficient (Wildman–Crippen LogP) is 5.12. The zero-order valence-electron chi connectivity index (χ0n) is 16.0. The molecule has 148 valence electrons. The molecule has 3 aromatic heterocycles. The smallest absolute Gasteiger partial charge is 0.229 e. The fourth-order valence-corrected chi connectivity index (χ4v) is 3.86. The first-order valence-corrected chi connectivity index (χ1v) is 10.2. The number of hydrogen-bond donors (Lipinski definition) is 4. The summed E-state index contributed by atoms with van der Waals surface area (Å²) in [4.78, 5) is 13.3. The van der Waals surface area contributed by atoms with Gasteiger partial charge in [0.1, 0.15) is 0 Å². The zero-order chi connectivity index (χ0) is 20.3. The summed E-state index contributed by atoms with van der Waals surface area (Å²) < 4.78 is 1.01. The van der Waals surface area contributed by atoms with Crippen LogP contribution in [0.4, 0.5) is 28.8 Å². The van der Waals surface area contributed by atoms with Crippen LogP contribution in [0.3, 0.4) is 0 Å². The number of nitrogens with zero attached hydrogens (tertiary/aromatic N) is 4. The molecule has 0 saturated carbocycles. The molecule has 9 heteroatoms. The first kappa shape index (κ1) is 18.1. The van der Waals surface area contributed by atoms with E-state index in [4.69, 9.17) is 4.98 Å². The lowest BCUT2D eigenvalue weighted by molar-refractivity contribution is 1.12. The molecule has 4 N–H and O–H groups in total. The topological polar surface area (TPSA) is 103 Å². The van der Waals surface area contributed by atoms with E-state index in [1.807, 2.05) is 53.9 Å². The Morgan fingerprint density at radius 1 is 0.967 bits per heavy atom. The normalized spacial score (nSPS) is 11.4. The van der Waals surface area contributed by atoms with Crippen LogP contribution in [0, 0.1) is 0 Å². The monoisotopic (exact) mass is 414 g/mol. The fourth-order valence-electron chi connectivity index (χ4n) is 3.08. The second-order valence-corrected chi connectivity index (χ2v) is 7.48. The van der Waals surface area contributed by atoms with Gasteiger partial charge in [0.15, 0.2) is 5.82 Å². The van der Waals surface area contributed by atoms with Gasteiger partial charge in [0.05, 0.1) is 28.3 Å². The van der Waals surface area contributed by atoms with Crippen molar-refractivity contribution in [2.24, 2.45) is 4.99 Å². The van der Waals surface area contributed by atoms with Crippen LogP contribution in [0.5, 0.6) is 0 Å². The Labute approximate surface area is 176 Å². The molecule has 0 aliphatic heterocycles. The fraction of sp³-hybridized carbons (Fsp3) is 0.0476. The van der Waals surface area contributed by atoms with Gasteiger partial charge < -0.3 is 16.0 Å². The lowest BCUT2D eigenvalue weighted by Gasteiger charge is -2.11. The number of rotatable bonds is 6. The molecule has 8 nitrogen and oxygen atoms in total. The Morgan fingerprint density at radius 2 is 1.80 bits per heavy atom. The number of fused-ring (bicyclic) bond motifs is 2. The van der Waals surface area contributed by atoms with Crippen molar-refractivity contribution < 1.29 is 0 Å². The van der Waals surface area contributed by atoms with Crippen molar-refractivity contribution in [1.82, 2.24) is 20.2 Å². The van der Waals surface area contributed by atoms with E-state index in [2.05, 4.69) is 36.1 Å². The van der Waals surface area contributed by atoms with E-state index in [9.17, 15) is 0 Å². The number of aliphatic imine (C=N–C) groups is 1. The molecule has 5 rings (SSSR count). The van der Waals surface area contributed by atoms with Crippen LogP contribution in [-0.2, 0) is 0 Å². The average molecular weight is 414 g/mol. The van der Waals surface area contributed by atoms with E-state index >= 15 is 0 Å². The molecule has 30 heavy (non-hydrogen) atoms. The highest BCUT2D eigenvalue weighted by atomic mass is 32.1. The molecule has 0 radical (unpaired) electrons. The molecule has 2 aromatic carbocycles. The summed E-state index contributed by atoms with van der Waals surface area (Å²) in [6, 6.07) is 15.9. The van der Waals surface area contributed by atoms with E-state index in [1.165, 1.54) is 0 Å². The Kier molecular flexibility index (Phi) is 4.70. The summed E-state index contributed by atoms with van der Waals surface area (Å²) in [5.41, 5.74) is 4.68. The van der Waals surface area contributed by atoms with Crippen LogP contribution >= 0.6 is 11.3 Å². The highest BCUT2D eigenvalue weighted by Gasteiger charge is 2.10. The summed E-state index contributed by atoms with van der Waals surface area (Å²) >= 11 is 1.61. The van der Waals surface area contributed by atoms with Crippen LogP contribution in [0.2, 0.25) is 0 Å². The quantitative estimate of drug-likeness (QED) is 0.227. The molecule has 0 spiro atoms. The summed E-state index contributed by atoms with van der Waals surface area (Å²) in [7, 11) is 1.72. The van der Waals surface area contributed by atoms with Crippen molar-refractivity contribution in [3.05, 3.63) is 60.1 Å². The number of aromatic nitrogens is 4. The number of benzene rings is 2. The van der Waals surface area contributed by atoms with Crippen molar-refractivity contribution in [3.8, 4) is 0 Å². The van der Waals surface area contributed by atoms with Crippen LogP contribution in [0.1, 0.15) is 0 Å². The second kappa shape index (κ2) is 7.80. The molecule has 0 bridgehead atoms. The number of aromatic amines is 1. The highest BCUT2D eigenvalue weighted by molar-refractivity contribution is 7.17. The van der Waals surface area contributed by atoms with E-state index in [1.54, 1.807) is 30.9 Å². The van der Waals surface area contributed by atoms with E-state index in [0.29, 0.717) is 5.95 Å². The third kappa shape index (κ3) is 3.65. The van der Waals surface area contributed by atoms with Crippen LogP contribution in [-0.4, -0.2) is 33.6 Å². The van der Waals surface area contributed by atoms with Crippen LogP contribution < -0.4 is 16.0 Å². The number of anilines is 5. The molecule has 0 fully saturated rings. The lowest BCUT2D eigenvalue weighted by atomic mass is 10.2. The number of nitrogens with one attached hydrogen (secondary N) is 4. The van der Waals surface area contributed by atoms with Gasteiger partial charge in [-0.05, 0) is 53.9 Å². The highest BCUT2D eigenvalue weighted by Crippen LogP contribution is 2.31. The van der Waals surface area contributed by atoms with Crippen LogP contribution in [0.25, 0.3) is 21.1 Å². The summed E-state index contributed by atoms with van der Waals surface area (Å²) in [6.07, 6.45) is 3.45. The van der Waals surface area contributed by atoms with Crippen molar-refractivity contribution in [2.75, 3.05) is 23.0 Å². The van der Waals surface area contributed by atoms with Crippen molar-refractivity contribution in [3.63, 3.8) is 0 Å². The van der Waals surface area contributed by atoms with E-state index in [-0.39, 0.29) is 0 Å².